The lowest BCUT2D eigenvalue weighted by molar-refractivity contribution is -0.138. The van der Waals surface area contributed by atoms with Crippen LogP contribution < -0.4 is 10.1 Å². The predicted molar refractivity (Wildman–Crippen MR) is 84.4 cm³/mol. The topological polar surface area (TPSA) is 21.3 Å². The van der Waals surface area contributed by atoms with Crippen LogP contribution in [0.1, 0.15) is 23.6 Å². The van der Waals surface area contributed by atoms with Gasteiger partial charge in [-0.2, -0.15) is 13.2 Å². The average molecular weight is 323 g/mol. The van der Waals surface area contributed by atoms with E-state index in [1.54, 1.807) is 13.2 Å². The molecule has 0 aromatic heterocycles. The summed E-state index contributed by atoms with van der Waals surface area (Å²) in [6, 6.07) is 13.4. The molecular formula is C18H20F3NO. The molecule has 1 N–H and O–H groups in total. The fraction of sp³-hybridized carbons (Fsp3) is 0.333. The molecule has 0 radical (unpaired) electrons. The number of hydrogen-bond donors (Lipinski definition) is 1. The van der Waals surface area contributed by atoms with Gasteiger partial charge in [-0.15, -0.1) is 0 Å². The molecule has 0 aliphatic heterocycles. The summed E-state index contributed by atoms with van der Waals surface area (Å²) in [5.41, 5.74) is 0.792. The van der Waals surface area contributed by atoms with Crippen molar-refractivity contribution in [3.05, 3.63) is 65.2 Å². The average Bonchev–Trinajstić information content (AvgIpc) is 2.53. The van der Waals surface area contributed by atoms with Gasteiger partial charge in [-0.25, -0.2) is 0 Å². The number of ether oxygens (including phenoxy) is 1. The molecule has 5 heteroatoms. The SMILES string of the molecule is COc1ccc(C[C@H](C)NCc2ccccc2C(F)(F)F)cc1. The van der Waals surface area contributed by atoms with E-state index in [0.717, 1.165) is 23.8 Å². The van der Waals surface area contributed by atoms with E-state index in [1.165, 1.54) is 12.1 Å². The first-order valence-corrected chi connectivity index (χ1v) is 7.41. The van der Waals surface area contributed by atoms with E-state index in [-0.39, 0.29) is 18.2 Å². The van der Waals surface area contributed by atoms with Crippen molar-refractivity contribution in [2.45, 2.75) is 32.1 Å². The summed E-state index contributed by atoms with van der Waals surface area (Å²) in [6.45, 7) is 2.15. The van der Waals surface area contributed by atoms with Crippen molar-refractivity contribution in [2.75, 3.05) is 7.11 Å². The molecule has 2 aromatic carbocycles. The molecule has 0 bridgehead atoms. The quantitative estimate of drug-likeness (QED) is 0.849. The van der Waals surface area contributed by atoms with Crippen LogP contribution in [0.25, 0.3) is 0 Å². The third-order valence-electron chi connectivity index (χ3n) is 3.66. The second-order valence-corrected chi connectivity index (χ2v) is 5.49. The Kier molecular flexibility index (Phi) is 5.66. The molecule has 124 valence electrons. The highest BCUT2D eigenvalue weighted by molar-refractivity contribution is 5.30. The molecule has 0 saturated carbocycles. The summed E-state index contributed by atoms with van der Waals surface area (Å²) in [7, 11) is 1.61. The molecule has 0 fully saturated rings. The fourth-order valence-electron chi connectivity index (χ4n) is 2.42. The maximum atomic E-state index is 13.0. The molecule has 0 amide bonds. The van der Waals surface area contributed by atoms with E-state index in [4.69, 9.17) is 4.74 Å². The first-order valence-electron chi connectivity index (χ1n) is 7.41. The van der Waals surface area contributed by atoms with Crippen molar-refractivity contribution in [1.29, 1.82) is 0 Å². The third kappa shape index (κ3) is 4.99. The van der Waals surface area contributed by atoms with E-state index in [1.807, 2.05) is 31.2 Å². The highest BCUT2D eigenvalue weighted by Crippen LogP contribution is 2.31. The number of nitrogens with one attached hydrogen (secondary N) is 1. The molecular weight excluding hydrogens is 303 g/mol. The zero-order valence-corrected chi connectivity index (χ0v) is 13.2. The standard InChI is InChI=1S/C18H20F3NO/c1-13(11-14-7-9-16(23-2)10-8-14)22-12-15-5-3-4-6-17(15)18(19,20)21/h3-10,13,22H,11-12H2,1-2H3/t13-/m0/s1. The lowest BCUT2D eigenvalue weighted by Crippen LogP contribution is -2.28. The zero-order chi connectivity index (χ0) is 16.9. The lowest BCUT2D eigenvalue weighted by atomic mass is 10.0. The molecule has 2 nitrogen and oxygen atoms in total. The fourth-order valence-corrected chi connectivity index (χ4v) is 2.42. The molecule has 23 heavy (non-hydrogen) atoms. The number of rotatable bonds is 6. The predicted octanol–water partition coefficient (Wildman–Crippen LogP) is 4.43. The van der Waals surface area contributed by atoms with Crippen LogP contribution in [-0.4, -0.2) is 13.2 Å². The van der Waals surface area contributed by atoms with Gasteiger partial charge in [-0.05, 0) is 42.7 Å². The molecule has 0 aliphatic carbocycles. The Morgan fingerprint density at radius 3 is 2.30 bits per heavy atom. The van der Waals surface area contributed by atoms with Gasteiger partial charge in [0, 0.05) is 12.6 Å². The van der Waals surface area contributed by atoms with Crippen molar-refractivity contribution in [3.8, 4) is 5.75 Å². The monoisotopic (exact) mass is 323 g/mol. The molecule has 0 unspecified atom stereocenters. The first-order chi connectivity index (χ1) is 10.9. The Hall–Kier alpha value is -2.01. The maximum absolute atomic E-state index is 13.0. The van der Waals surface area contributed by atoms with Gasteiger partial charge in [0.1, 0.15) is 5.75 Å². The number of alkyl halides is 3. The van der Waals surface area contributed by atoms with Crippen LogP contribution in [0.2, 0.25) is 0 Å². The van der Waals surface area contributed by atoms with Crippen molar-refractivity contribution in [3.63, 3.8) is 0 Å². The third-order valence-corrected chi connectivity index (χ3v) is 3.66. The molecule has 0 heterocycles. The Morgan fingerprint density at radius 1 is 1.04 bits per heavy atom. The van der Waals surface area contributed by atoms with Crippen molar-refractivity contribution in [1.82, 2.24) is 5.32 Å². The number of methoxy groups -OCH3 is 1. The minimum atomic E-state index is -4.32. The summed E-state index contributed by atoms with van der Waals surface area (Å²) in [5, 5.41) is 3.16. The Balaban J connectivity index is 1.95. The van der Waals surface area contributed by atoms with E-state index >= 15 is 0 Å². The van der Waals surface area contributed by atoms with Crippen LogP contribution in [0.15, 0.2) is 48.5 Å². The second-order valence-electron chi connectivity index (χ2n) is 5.49. The minimum absolute atomic E-state index is 0.0599. The number of benzene rings is 2. The van der Waals surface area contributed by atoms with Crippen LogP contribution in [0, 0.1) is 0 Å². The highest BCUT2D eigenvalue weighted by Gasteiger charge is 2.32. The van der Waals surface area contributed by atoms with Crippen molar-refractivity contribution in [2.24, 2.45) is 0 Å². The summed E-state index contributed by atoms with van der Waals surface area (Å²) in [5.74, 6) is 0.786. The van der Waals surface area contributed by atoms with Gasteiger partial charge in [-0.1, -0.05) is 30.3 Å². The summed E-state index contributed by atoms with van der Waals surface area (Å²) < 4.78 is 44.0. The molecule has 2 rings (SSSR count). The van der Waals surface area contributed by atoms with Crippen LogP contribution in [0.5, 0.6) is 5.75 Å². The summed E-state index contributed by atoms with van der Waals surface area (Å²) >= 11 is 0. The van der Waals surface area contributed by atoms with Crippen molar-refractivity contribution >= 4 is 0 Å². The van der Waals surface area contributed by atoms with Crippen molar-refractivity contribution < 1.29 is 17.9 Å². The van der Waals surface area contributed by atoms with Gasteiger partial charge >= 0.3 is 6.18 Å². The normalized spacial score (nSPS) is 12.9. The van der Waals surface area contributed by atoms with Gasteiger partial charge in [0.15, 0.2) is 0 Å². The zero-order valence-electron chi connectivity index (χ0n) is 13.2. The molecule has 1 atom stereocenters. The first kappa shape index (κ1) is 17.3. The van der Waals surface area contributed by atoms with Gasteiger partial charge in [-0.3, -0.25) is 0 Å². The Labute approximate surface area is 134 Å². The van der Waals surface area contributed by atoms with E-state index in [2.05, 4.69) is 5.32 Å². The number of hydrogen-bond acceptors (Lipinski definition) is 2. The molecule has 0 spiro atoms. The highest BCUT2D eigenvalue weighted by atomic mass is 19.4. The van der Waals surface area contributed by atoms with Crippen LogP contribution in [-0.2, 0) is 19.1 Å². The molecule has 2 aromatic rings. The van der Waals surface area contributed by atoms with Gasteiger partial charge in [0.05, 0.1) is 12.7 Å². The minimum Gasteiger partial charge on any atom is -0.497 e. The Bertz CT molecular complexity index is 623. The summed E-state index contributed by atoms with van der Waals surface area (Å²) in [4.78, 5) is 0. The van der Waals surface area contributed by atoms with Gasteiger partial charge in [0.25, 0.3) is 0 Å². The van der Waals surface area contributed by atoms with Crippen LogP contribution in [0.3, 0.4) is 0 Å². The van der Waals surface area contributed by atoms with E-state index in [9.17, 15) is 13.2 Å². The van der Waals surface area contributed by atoms with Gasteiger partial charge in [0.2, 0.25) is 0 Å². The lowest BCUT2D eigenvalue weighted by Gasteiger charge is -2.17. The van der Waals surface area contributed by atoms with Gasteiger partial charge < -0.3 is 10.1 Å². The number of halogens is 3. The van der Waals surface area contributed by atoms with Crippen LogP contribution >= 0.6 is 0 Å². The smallest absolute Gasteiger partial charge is 0.416 e. The second kappa shape index (κ2) is 7.51. The van der Waals surface area contributed by atoms with E-state index in [0.29, 0.717) is 0 Å². The summed E-state index contributed by atoms with van der Waals surface area (Å²) in [6.07, 6.45) is -3.59. The van der Waals surface area contributed by atoms with Crippen LogP contribution in [0.4, 0.5) is 13.2 Å². The largest absolute Gasteiger partial charge is 0.497 e. The maximum Gasteiger partial charge on any atom is 0.416 e. The Morgan fingerprint density at radius 2 is 1.70 bits per heavy atom. The molecule has 0 aliphatic rings. The molecule has 0 saturated heterocycles. The van der Waals surface area contributed by atoms with E-state index < -0.39 is 11.7 Å².